The molecule has 0 aliphatic heterocycles. The van der Waals surface area contributed by atoms with Crippen molar-refractivity contribution >= 4 is 5.91 Å². The van der Waals surface area contributed by atoms with Gasteiger partial charge in [0.15, 0.2) is 0 Å². The van der Waals surface area contributed by atoms with Crippen LogP contribution in [0.15, 0.2) is 12.7 Å². The highest BCUT2D eigenvalue weighted by molar-refractivity contribution is 5.87. The second-order valence-electron chi connectivity index (χ2n) is 4.83. The summed E-state index contributed by atoms with van der Waals surface area (Å²) in [7, 11) is 0. The third kappa shape index (κ3) is 2.24. The Labute approximate surface area is 92.3 Å². The Kier molecular flexibility index (Phi) is 3.45. The molecule has 1 amide bonds. The van der Waals surface area contributed by atoms with Crippen molar-refractivity contribution < 1.29 is 4.79 Å². The molecule has 2 rings (SSSR count). The smallest absolute Gasteiger partial charge is 0.246 e. The van der Waals surface area contributed by atoms with Crippen LogP contribution in [0.4, 0.5) is 0 Å². The van der Waals surface area contributed by atoms with Gasteiger partial charge in [-0.3, -0.25) is 4.79 Å². The lowest BCUT2D eigenvalue weighted by Crippen LogP contribution is -2.44. The first-order valence-corrected chi connectivity index (χ1v) is 6.27. The topological polar surface area (TPSA) is 20.3 Å². The van der Waals surface area contributed by atoms with Crippen molar-refractivity contribution in [1.82, 2.24) is 4.90 Å². The molecule has 0 spiro atoms. The fourth-order valence-electron chi connectivity index (χ4n) is 3.13. The average molecular weight is 207 g/mol. The molecule has 2 nitrogen and oxygen atoms in total. The van der Waals surface area contributed by atoms with Gasteiger partial charge < -0.3 is 4.90 Å². The Bertz CT molecular complexity index is 221. The first-order chi connectivity index (χ1) is 7.33. The van der Waals surface area contributed by atoms with Crippen LogP contribution >= 0.6 is 0 Å². The highest BCUT2D eigenvalue weighted by atomic mass is 16.2. The van der Waals surface area contributed by atoms with Crippen molar-refractivity contribution in [1.29, 1.82) is 0 Å². The van der Waals surface area contributed by atoms with Gasteiger partial charge in [-0.1, -0.05) is 32.3 Å². The van der Waals surface area contributed by atoms with Crippen LogP contribution in [0.2, 0.25) is 0 Å². The van der Waals surface area contributed by atoms with E-state index in [-0.39, 0.29) is 5.91 Å². The summed E-state index contributed by atoms with van der Waals surface area (Å²) < 4.78 is 0. The quantitative estimate of drug-likeness (QED) is 0.652. The molecule has 0 atom stereocenters. The molecule has 0 radical (unpaired) electrons. The van der Waals surface area contributed by atoms with Gasteiger partial charge in [0.2, 0.25) is 5.91 Å². The van der Waals surface area contributed by atoms with E-state index in [1.54, 1.807) is 0 Å². The van der Waals surface area contributed by atoms with Crippen LogP contribution in [0, 0.1) is 0 Å². The SMILES string of the molecule is C=CC(=O)N(C1CCCC1)C1CCCC1. The van der Waals surface area contributed by atoms with E-state index in [4.69, 9.17) is 0 Å². The largest absolute Gasteiger partial charge is 0.333 e. The molecule has 2 aliphatic rings. The molecule has 0 heterocycles. The van der Waals surface area contributed by atoms with Gasteiger partial charge in [0.1, 0.15) is 0 Å². The molecule has 0 aromatic rings. The van der Waals surface area contributed by atoms with Gasteiger partial charge in [0.05, 0.1) is 0 Å². The molecule has 0 saturated heterocycles. The summed E-state index contributed by atoms with van der Waals surface area (Å²) in [5, 5.41) is 0. The van der Waals surface area contributed by atoms with Crippen LogP contribution in [0.3, 0.4) is 0 Å². The number of carbonyl (C=O) groups is 1. The predicted octanol–water partition coefficient (Wildman–Crippen LogP) is 2.89. The molecule has 84 valence electrons. The first kappa shape index (κ1) is 10.7. The second kappa shape index (κ2) is 4.82. The number of hydrogen-bond acceptors (Lipinski definition) is 1. The van der Waals surface area contributed by atoms with Crippen LogP contribution in [0.25, 0.3) is 0 Å². The second-order valence-corrected chi connectivity index (χ2v) is 4.83. The van der Waals surface area contributed by atoms with Crippen LogP contribution < -0.4 is 0 Å². The van der Waals surface area contributed by atoms with Gasteiger partial charge in [-0.15, -0.1) is 0 Å². The van der Waals surface area contributed by atoms with E-state index in [0.29, 0.717) is 12.1 Å². The summed E-state index contributed by atoms with van der Waals surface area (Å²) >= 11 is 0. The Morgan fingerprint density at radius 3 is 1.73 bits per heavy atom. The maximum Gasteiger partial charge on any atom is 0.246 e. The minimum atomic E-state index is 0.161. The van der Waals surface area contributed by atoms with Crippen molar-refractivity contribution in [3.8, 4) is 0 Å². The van der Waals surface area contributed by atoms with Gasteiger partial charge in [-0.25, -0.2) is 0 Å². The third-order valence-corrected chi connectivity index (χ3v) is 3.87. The minimum absolute atomic E-state index is 0.161. The summed E-state index contributed by atoms with van der Waals surface area (Å²) in [4.78, 5) is 14.0. The van der Waals surface area contributed by atoms with E-state index in [0.717, 1.165) is 0 Å². The summed E-state index contributed by atoms with van der Waals surface area (Å²) in [5.74, 6) is 0.161. The van der Waals surface area contributed by atoms with Crippen LogP contribution in [-0.4, -0.2) is 22.9 Å². The molecule has 2 fully saturated rings. The van der Waals surface area contributed by atoms with E-state index in [2.05, 4.69) is 11.5 Å². The maximum atomic E-state index is 11.9. The van der Waals surface area contributed by atoms with E-state index in [9.17, 15) is 4.79 Å². The van der Waals surface area contributed by atoms with Gasteiger partial charge in [-0.2, -0.15) is 0 Å². The first-order valence-electron chi connectivity index (χ1n) is 6.27. The number of hydrogen-bond donors (Lipinski definition) is 0. The monoisotopic (exact) mass is 207 g/mol. The number of carbonyl (C=O) groups excluding carboxylic acids is 1. The van der Waals surface area contributed by atoms with Crippen LogP contribution in [0.5, 0.6) is 0 Å². The summed E-state index contributed by atoms with van der Waals surface area (Å²) in [5.41, 5.74) is 0. The summed E-state index contributed by atoms with van der Waals surface area (Å²) in [6.07, 6.45) is 11.5. The van der Waals surface area contributed by atoms with E-state index in [1.807, 2.05) is 0 Å². The highest BCUT2D eigenvalue weighted by Gasteiger charge is 2.32. The van der Waals surface area contributed by atoms with Gasteiger partial charge in [0.25, 0.3) is 0 Å². The molecule has 2 heteroatoms. The van der Waals surface area contributed by atoms with Crippen molar-refractivity contribution in [2.75, 3.05) is 0 Å². The normalized spacial score (nSPS) is 23.2. The van der Waals surface area contributed by atoms with E-state index >= 15 is 0 Å². The Balaban J connectivity index is 2.06. The summed E-state index contributed by atoms with van der Waals surface area (Å²) in [6, 6.07) is 1.03. The lowest BCUT2D eigenvalue weighted by Gasteiger charge is -2.33. The lowest BCUT2D eigenvalue weighted by molar-refractivity contribution is -0.130. The number of amides is 1. The molecule has 15 heavy (non-hydrogen) atoms. The molecule has 0 N–H and O–H groups in total. The Morgan fingerprint density at radius 2 is 1.40 bits per heavy atom. The van der Waals surface area contributed by atoms with Gasteiger partial charge in [-0.05, 0) is 31.8 Å². The molecule has 2 aliphatic carbocycles. The maximum absolute atomic E-state index is 11.9. The molecule has 2 saturated carbocycles. The molecular weight excluding hydrogens is 186 g/mol. The number of nitrogens with zero attached hydrogens (tertiary/aromatic N) is 1. The van der Waals surface area contributed by atoms with Crippen LogP contribution in [0.1, 0.15) is 51.4 Å². The minimum Gasteiger partial charge on any atom is -0.333 e. The zero-order chi connectivity index (χ0) is 10.7. The fraction of sp³-hybridized carbons (Fsp3) is 0.769. The Morgan fingerprint density at radius 1 is 1.00 bits per heavy atom. The third-order valence-electron chi connectivity index (χ3n) is 3.87. The molecule has 0 bridgehead atoms. The van der Waals surface area contributed by atoms with Gasteiger partial charge in [0, 0.05) is 12.1 Å². The van der Waals surface area contributed by atoms with Gasteiger partial charge >= 0.3 is 0 Å². The highest BCUT2D eigenvalue weighted by Crippen LogP contribution is 2.31. The van der Waals surface area contributed by atoms with Crippen molar-refractivity contribution in [2.45, 2.75) is 63.5 Å². The zero-order valence-electron chi connectivity index (χ0n) is 9.45. The van der Waals surface area contributed by atoms with Crippen molar-refractivity contribution in [2.24, 2.45) is 0 Å². The van der Waals surface area contributed by atoms with Crippen molar-refractivity contribution in [3.63, 3.8) is 0 Å². The molecular formula is C13H21NO. The van der Waals surface area contributed by atoms with E-state index < -0.39 is 0 Å². The Hall–Kier alpha value is -0.790. The van der Waals surface area contributed by atoms with Crippen LogP contribution in [-0.2, 0) is 4.79 Å². The molecule has 0 aromatic carbocycles. The molecule has 0 unspecified atom stereocenters. The molecule has 0 aromatic heterocycles. The summed E-state index contributed by atoms with van der Waals surface area (Å²) in [6.45, 7) is 3.63. The standard InChI is InChI=1S/C13H21NO/c1-2-13(15)14(11-7-3-4-8-11)12-9-5-6-10-12/h2,11-12H,1,3-10H2. The van der Waals surface area contributed by atoms with E-state index in [1.165, 1.54) is 57.4 Å². The predicted molar refractivity (Wildman–Crippen MR) is 61.6 cm³/mol. The average Bonchev–Trinajstić information content (AvgIpc) is 2.90. The number of rotatable bonds is 3. The lowest BCUT2D eigenvalue weighted by atomic mass is 10.1. The van der Waals surface area contributed by atoms with Crippen molar-refractivity contribution in [3.05, 3.63) is 12.7 Å². The zero-order valence-corrected chi connectivity index (χ0v) is 9.45. The fourth-order valence-corrected chi connectivity index (χ4v) is 3.13.